The summed E-state index contributed by atoms with van der Waals surface area (Å²) in [5.41, 5.74) is 12.0. The van der Waals surface area contributed by atoms with Crippen LogP contribution in [0.15, 0.2) is 164 Å². The summed E-state index contributed by atoms with van der Waals surface area (Å²) in [6.07, 6.45) is 1.85. The molecule has 234 valence electrons. The van der Waals surface area contributed by atoms with E-state index in [4.69, 9.17) is 0 Å². The first-order valence-electron chi connectivity index (χ1n) is 17.1. The van der Waals surface area contributed by atoms with Gasteiger partial charge >= 0.3 is 0 Å². The van der Waals surface area contributed by atoms with Crippen LogP contribution in [-0.4, -0.2) is 9.55 Å². The Kier molecular flexibility index (Phi) is 6.74. The van der Waals surface area contributed by atoms with Crippen molar-refractivity contribution in [3.8, 4) is 39.2 Å². The monoisotopic (exact) mass is 628 g/mol. The predicted molar refractivity (Wildman–Crippen MR) is 209 cm³/mol. The highest BCUT2D eigenvalue weighted by Gasteiger charge is 2.21. The summed E-state index contributed by atoms with van der Waals surface area (Å²) in [6.45, 7) is 6.89. The molecule has 9 rings (SSSR count). The third-order valence-electron chi connectivity index (χ3n) is 10.0. The van der Waals surface area contributed by atoms with Gasteiger partial charge in [-0.05, 0) is 97.2 Å². The molecule has 0 radical (unpaired) electrons. The van der Waals surface area contributed by atoms with Gasteiger partial charge in [-0.1, -0.05) is 136 Å². The van der Waals surface area contributed by atoms with Gasteiger partial charge < -0.3 is 4.57 Å². The molecule has 2 heterocycles. The molecule has 2 nitrogen and oxygen atoms in total. The number of para-hydroxylation sites is 2. The van der Waals surface area contributed by atoms with Crippen molar-refractivity contribution in [1.29, 1.82) is 0 Å². The van der Waals surface area contributed by atoms with E-state index in [0.717, 1.165) is 16.9 Å². The van der Waals surface area contributed by atoms with E-state index >= 15 is 0 Å². The molecule has 0 spiro atoms. The molecule has 0 aliphatic rings. The third kappa shape index (κ3) is 4.83. The molecule has 0 N–H and O–H groups in total. The van der Waals surface area contributed by atoms with Crippen molar-refractivity contribution in [2.24, 2.45) is 0 Å². The van der Waals surface area contributed by atoms with Crippen LogP contribution in [0.1, 0.15) is 26.3 Å². The van der Waals surface area contributed by atoms with Crippen molar-refractivity contribution in [3.05, 3.63) is 169 Å². The number of pyridine rings is 1. The highest BCUT2D eigenvalue weighted by Crippen LogP contribution is 2.45. The van der Waals surface area contributed by atoms with Crippen LogP contribution in [0.25, 0.3) is 82.5 Å². The molecule has 9 aromatic rings. The van der Waals surface area contributed by atoms with Crippen LogP contribution in [0.5, 0.6) is 0 Å². The second-order valence-corrected chi connectivity index (χ2v) is 14.0. The molecule has 0 aliphatic heterocycles. The lowest BCUT2D eigenvalue weighted by Crippen LogP contribution is -2.10. The molecule has 0 saturated carbocycles. The summed E-state index contributed by atoms with van der Waals surface area (Å²) in [6, 6.07) is 57.6. The Morgan fingerprint density at radius 1 is 0.429 bits per heavy atom. The van der Waals surface area contributed by atoms with Gasteiger partial charge in [0.05, 0.1) is 16.7 Å². The fourth-order valence-corrected chi connectivity index (χ4v) is 7.59. The Morgan fingerprint density at radius 2 is 0.918 bits per heavy atom. The average molecular weight is 629 g/mol. The van der Waals surface area contributed by atoms with Crippen LogP contribution in [0.4, 0.5) is 0 Å². The van der Waals surface area contributed by atoms with Gasteiger partial charge in [0, 0.05) is 28.2 Å². The second-order valence-electron chi connectivity index (χ2n) is 14.0. The largest absolute Gasteiger partial charge is 0.309 e. The van der Waals surface area contributed by atoms with Crippen LogP contribution in [0, 0.1) is 0 Å². The first-order valence-corrected chi connectivity index (χ1v) is 17.1. The number of nitrogens with zero attached hydrogens (tertiary/aromatic N) is 2. The summed E-state index contributed by atoms with van der Waals surface area (Å²) in [4.78, 5) is 4.58. The summed E-state index contributed by atoms with van der Waals surface area (Å²) < 4.78 is 2.39. The maximum absolute atomic E-state index is 4.58. The van der Waals surface area contributed by atoms with Gasteiger partial charge in [0.2, 0.25) is 0 Å². The Labute approximate surface area is 286 Å². The van der Waals surface area contributed by atoms with Crippen molar-refractivity contribution in [3.63, 3.8) is 0 Å². The Bertz CT molecular complexity index is 2600. The van der Waals surface area contributed by atoms with Crippen LogP contribution in [0.2, 0.25) is 0 Å². The molecule has 49 heavy (non-hydrogen) atoms. The maximum atomic E-state index is 4.58. The van der Waals surface area contributed by atoms with E-state index < -0.39 is 0 Å². The molecular formula is C47H36N2. The highest BCUT2D eigenvalue weighted by molar-refractivity contribution is 6.21. The summed E-state index contributed by atoms with van der Waals surface area (Å²) >= 11 is 0. The first kappa shape index (κ1) is 29.2. The van der Waals surface area contributed by atoms with E-state index in [-0.39, 0.29) is 5.41 Å². The molecule has 0 amide bonds. The van der Waals surface area contributed by atoms with Crippen LogP contribution in [-0.2, 0) is 5.41 Å². The summed E-state index contributed by atoms with van der Waals surface area (Å²) in [5, 5.41) is 7.61. The van der Waals surface area contributed by atoms with E-state index in [2.05, 4.69) is 176 Å². The van der Waals surface area contributed by atoms with E-state index in [1.807, 2.05) is 18.3 Å². The summed E-state index contributed by atoms with van der Waals surface area (Å²) in [7, 11) is 0. The normalized spacial score (nSPS) is 12.0. The number of hydrogen-bond donors (Lipinski definition) is 0. The summed E-state index contributed by atoms with van der Waals surface area (Å²) in [5.74, 6) is 0. The quantitative estimate of drug-likeness (QED) is 0.177. The molecule has 0 fully saturated rings. The molecule has 0 unspecified atom stereocenters. The molecule has 2 aromatic heterocycles. The average Bonchev–Trinajstić information content (AvgIpc) is 3.48. The molecule has 2 heteroatoms. The van der Waals surface area contributed by atoms with Gasteiger partial charge in [0.25, 0.3) is 0 Å². The van der Waals surface area contributed by atoms with E-state index in [9.17, 15) is 0 Å². The number of rotatable bonds is 4. The molecule has 0 saturated heterocycles. The number of fused-ring (bicyclic) bond motifs is 5. The first-order chi connectivity index (χ1) is 24.0. The SMILES string of the molecule is CC(C)(C)c1ccc2c(-c3ccc(-c4ccccn4)cc3)c3ccccc3c(-c3ccc(-n4c5ccccc5c5ccccc54)cc3)c2c1. The van der Waals surface area contributed by atoms with Gasteiger partial charge in [-0.25, -0.2) is 0 Å². The zero-order valence-corrected chi connectivity index (χ0v) is 28.0. The molecule has 0 aliphatic carbocycles. The lowest BCUT2D eigenvalue weighted by Gasteiger charge is -2.23. The Morgan fingerprint density at radius 3 is 1.49 bits per heavy atom. The van der Waals surface area contributed by atoms with Gasteiger partial charge in [0.15, 0.2) is 0 Å². The maximum Gasteiger partial charge on any atom is 0.0701 e. The highest BCUT2D eigenvalue weighted by atomic mass is 15.0. The van der Waals surface area contributed by atoms with Crippen molar-refractivity contribution in [2.45, 2.75) is 26.2 Å². The predicted octanol–water partition coefficient (Wildman–Crippen LogP) is 12.8. The van der Waals surface area contributed by atoms with Crippen LogP contribution in [0.3, 0.4) is 0 Å². The minimum Gasteiger partial charge on any atom is -0.309 e. The number of aromatic nitrogens is 2. The Hall–Kier alpha value is -5.99. The minimum atomic E-state index is 0.0159. The zero-order chi connectivity index (χ0) is 33.1. The fourth-order valence-electron chi connectivity index (χ4n) is 7.59. The standard InChI is InChI=1S/C47H36N2/c1-47(2,3)34-25-28-40-41(30-34)46(33-23-26-35(27-24-33)49-43-17-8-6-12-36(43)37-13-7-9-18-44(37)49)39-15-5-4-14-38(39)45(40)32-21-19-31(20-22-32)42-16-10-11-29-48-42/h4-30H,1-3H3. The minimum absolute atomic E-state index is 0.0159. The van der Waals surface area contributed by atoms with Crippen molar-refractivity contribution in [2.75, 3.05) is 0 Å². The lowest BCUT2D eigenvalue weighted by molar-refractivity contribution is 0.591. The molecular weight excluding hydrogens is 593 g/mol. The van der Waals surface area contributed by atoms with E-state index in [1.165, 1.54) is 71.2 Å². The zero-order valence-electron chi connectivity index (χ0n) is 28.0. The number of benzene rings is 7. The van der Waals surface area contributed by atoms with E-state index in [0.29, 0.717) is 0 Å². The molecule has 7 aromatic carbocycles. The van der Waals surface area contributed by atoms with E-state index in [1.54, 1.807) is 0 Å². The van der Waals surface area contributed by atoms with Crippen molar-refractivity contribution in [1.82, 2.24) is 9.55 Å². The Balaban J connectivity index is 1.27. The second kappa shape index (κ2) is 11.3. The topological polar surface area (TPSA) is 17.8 Å². The molecule has 0 bridgehead atoms. The fraction of sp³-hybridized carbons (Fsp3) is 0.0851. The van der Waals surface area contributed by atoms with Crippen molar-refractivity contribution >= 4 is 43.4 Å². The lowest BCUT2D eigenvalue weighted by atomic mass is 9.81. The van der Waals surface area contributed by atoms with Crippen LogP contribution >= 0.6 is 0 Å². The molecule has 0 atom stereocenters. The van der Waals surface area contributed by atoms with Crippen LogP contribution < -0.4 is 0 Å². The van der Waals surface area contributed by atoms with Gasteiger partial charge in [-0.2, -0.15) is 0 Å². The van der Waals surface area contributed by atoms with Gasteiger partial charge in [-0.15, -0.1) is 0 Å². The third-order valence-corrected chi connectivity index (χ3v) is 10.0. The number of hydrogen-bond acceptors (Lipinski definition) is 1. The smallest absolute Gasteiger partial charge is 0.0701 e. The van der Waals surface area contributed by atoms with Gasteiger partial charge in [0.1, 0.15) is 0 Å². The van der Waals surface area contributed by atoms with Gasteiger partial charge in [-0.3, -0.25) is 4.98 Å². The van der Waals surface area contributed by atoms with Crippen molar-refractivity contribution < 1.29 is 0 Å².